The van der Waals surface area contributed by atoms with Crippen LogP contribution in [-0.2, 0) is 4.79 Å². The van der Waals surface area contributed by atoms with Crippen LogP contribution in [0.3, 0.4) is 0 Å². The minimum absolute atomic E-state index is 0.329. The molecule has 3 aliphatic rings. The van der Waals surface area contributed by atoms with Gasteiger partial charge in [0.05, 0.1) is 0 Å². The third-order valence-electron chi connectivity index (χ3n) is 5.58. The molecule has 2 saturated heterocycles. The average Bonchev–Trinajstić information content (AvgIpc) is 2.93. The predicted molar refractivity (Wildman–Crippen MR) is 72.1 cm³/mol. The largest absolute Gasteiger partial charge is 0.339 e. The van der Waals surface area contributed by atoms with Crippen LogP contribution in [-0.4, -0.2) is 36.5 Å². The maximum Gasteiger partial charge on any atom is 0.225 e. The summed E-state index contributed by atoms with van der Waals surface area (Å²) in [6.07, 6.45) is 4.73. The summed E-state index contributed by atoms with van der Waals surface area (Å²) in [5, 5.41) is 3.46. The van der Waals surface area contributed by atoms with Crippen molar-refractivity contribution in [3.05, 3.63) is 0 Å². The van der Waals surface area contributed by atoms with E-state index in [1.165, 1.54) is 12.8 Å². The van der Waals surface area contributed by atoms with E-state index < -0.39 is 0 Å². The van der Waals surface area contributed by atoms with Crippen molar-refractivity contribution in [1.82, 2.24) is 10.2 Å². The summed E-state index contributed by atoms with van der Waals surface area (Å²) >= 11 is 0. The molecule has 0 bridgehead atoms. The number of hydrogen-bond donors (Lipinski definition) is 1. The van der Waals surface area contributed by atoms with Gasteiger partial charge >= 0.3 is 0 Å². The lowest BCUT2D eigenvalue weighted by Crippen LogP contribution is -2.42. The minimum atomic E-state index is 0.329. The van der Waals surface area contributed by atoms with Crippen molar-refractivity contribution >= 4 is 5.91 Å². The first-order valence-corrected chi connectivity index (χ1v) is 7.68. The Kier molecular flexibility index (Phi) is 3.35. The fraction of sp³-hybridized carbons (Fsp3) is 0.933. The molecule has 0 spiro atoms. The zero-order valence-electron chi connectivity index (χ0n) is 11.7. The lowest BCUT2D eigenvalue weighted by molar-refractivity contribution is -0.137. The van der Waals surface area contributed by atoms with Crippen LogP contribution < -0.4 is 5.32 Å². The van der Waals surface area contributed by atoms with E-state index in [0.717, 1.165) is 38.4 Å². The van der Waals surface area contributed by atoms with Crippen LogP contribution in [0.2, 0.25) is 0 Å². The van der Waals surface area contributed by atoms with Gasteiger partial charge in [-0.2, -0.15) is 0 Å². The molecule has 0 aromatic carbocycles. The van der Waals surface area contributed by atoms with Crippen LogP contribution in [0.5, 0.6) is 0 Å². The highest BCUT2D eigenvalue weighted by atomic mass is 16.2. The molecule has 3 fully saturated rings. The van der Waals surface area contributed by atoms with Gasteiger partial charge in [-0.3, -0.25) is 4.79 Å². The van der Waals surface area contributed by atoms with Crippen LogP contribution in [0.25, 0.3) is 0 Å². The first-order chi connectivity index (χ1) is 8.66. The second-order valence-electron chi connectivity index (χ2n) is 6.77. The van der Waals surface area contributed by atoms with Gasteiger partial charge in [0, 0.05) is 31.6 Å². The van der Waals surface area contributed by atoms with E-state index in [1.807, 2.05) is 0 Å². The quantitative estimate of drug-likeness (QED) is 0.770. The number of rotatable bonds is 1. The third kappa shape index (κ3) is 2.07. The van der Waals surface area contributed by atoms with Crippen molar-refractivity contribution in [2.24, 2.45) is 23.7 Å². The molecule has 2 aliphatic heterocycles. The van der Waals surface area contributed by atoms with Gasteiger partial charge in [0.1, 0.15) is 0 Å². The van der Waals surface area contributed by atoms with E-state index in [-0.39, 0.29) is 0 Å². The second-order valence-corrected chi connectivity index (χ2v) is 6.77. The predicted octanol–water partition coefficient (Wildman–Crippen LogP) is 1.88. The molecule has 3 nitrogen and oxygen atoms in total. The zero-order valence-corrected chi connectivity index (χ0v) is 11.7. The molecule has 0 aromatic rings. The SMILES string of the molecule is CC1CCC(C(=O)N2CC3CNCC3C2C)CC1. The van der Waals surface area contributed by atoms with Crippen molar-refractivity contribution < 1.29 is 4.79 Å². The van der Waals surface area contributed by atoms with E-state index in [2.05, 4.69) is 24.1 Å². The van der Waals surface area contributed by atoms with Gasteiger partial charge in [-0.15, -0.1) is 0 Å². The van der Waals surface area contributed by atoms with Gasteiger partial charge in [-0.25, -0.2) is 0 Å². The van der Waals surface area contributed by atoms with Crippen LogP contribution >= 0.6 is 0 Å². The average molecular weight is 250 g/mol. The Morgan fingerprint density at radius 3 is 2.50 bits per heavy atom. The molecule has 102 valence electrons. The fourth-order valence-electron chi connectivity index (χ4n) is 4.20. The minimum Gasteiger partial charge on any atom is -0.339 e. The number of carbonyl (C=O) groups excluding carboxylic acids is 1. The van der Waals surface area contributed by atoms with Crippen molar-refractivity contribution in [1.29, 1.82) is 0 Å². The molecule has 3 rings (SSSR count). The summed E-state index contributed by atoms with van der Waals surface area (Å²) in [4.78, 5) is 14.9. The molecule has 0 aromatic heterocycles. The highest BCUT2D eigenvalue weighted by molar-refractivity contribution is 5.79. The van der Waals surface area contributed by atoms with Gasteiger partial charge in [-0.05, 0) is 50.4 Å². The number of nitrogens with one attached hydrogen (secondary N) is 1. The summed E-state index contributed by atoms with van der Waals surface area (Å²) in [5.41, 5.74) is 0. The Labute approximate surface area is 110 Å². The number of amides is 1. The van der Waals surface area contributed by atoms with Crippen molar-refractivity contribution in [2.75, 3.05) is 19.6 Å². The molecule has 18 heavy (non-hydrogen) atoms. The van der Waals surface area contributed by atoms with E-state index in [0.29, 0.717) is 29.7 Å². The standard InChI is InChI=1S/C15H26N2O/c1-10-3-5-12(6-4-10)15(18)17-9-13-7-16-8-14(13)11(17)2/h10-14,16H,3-9H2,1-2H3. The molecule has 1 aliphatic carbocycles. The summed E-state index contributed by atoms with van der Waals surface area (Å²) in [6.45, 7) is 7.79. The van der Waals surface area contributed by atoms with Crippen LogP contribution in [0.15, 0.2) is 0 Å². The van der Waals surface area contributed by atoms with Gasteiger partial charge in [-0.1, -0.05) is 6.92 Å². The summed E-state index contributed by atoms with van der Waals surface area (Å²) in [6, 6.07) is 0.455. The highest BCUT2D eigenvalue weighted by Gasteiger charge is 2.45. The molecule has 3 unspecified atom stereocenters. The first-order valence-electron chi connectivity index (χ1n) is 7.68. The molecule has 3 atom stereocenters. The van der Waals surface area contributed by atoms with Crippen LogP contribution in [0.4, 0.5) is 0 Å². The smallest absolute Gasteiger partial charge is 0.225 e. The monoisotopic (exact) mass is 250 g/mol. The number of hydrogen-bond acceptors (Lipinski definition) is 2. The van der Waals surface area contributed by atoms with E-state index >= 15 is 0 Å². The highest BCUT2D eigenvalue weighted by Crippen LogP contribution is 2.36. The molecule has 1 amide bonds. The topological polar surface area (TPSA) is 32.3 Å². The Balaban J connectivity index is 1.63. The Hall–Kier alpha value is -0.570. The van der Waals surface area contributed by atoms with Crippen molar-refractivity contribution in [3.8, 4) is 0 Å². The number of carbonyl (C=O) groups is 1. The van der Waals surface area contributed by atoms with Crippen LogP contribution in [0.1, 0.15) is 39.5 Å². The van der Waals surface area contributed by atoms with Gasteiger partial charge in [0.2, 0.25) is 5.91 Å². The summed E-state index contributed by atoms with van der Waals surface area (Å²) in [5.74, 6) is 3.04. The second kappa shape index (κ2) is 4.84. The van der Waals surface area contributed by atoms with E-state index in [1.54, 1.807) is 0 Å². The number of likely N-dealkylation sites (tertiary alicyclic amines) is 1. The lowest BCUT2D eigenvalue weighted by atomic mass is 9.82. The summed E-state index contributed by atoms with van der Waals surface area (Å²) < 4.78 is 0. The van der Waals surface area contributed by atoms with Crippen molar-refractivity contribution in [2.45, 2.75) is 45.6 Å². The first kappa shape index (κ1) is 12.5. The third-order valence-corrected chi connectivity index (χ3v) is 5.58. The fourth-order valence-corrected chi connectivity index (χ4v) is 4.20. The van der Waals surface area contributed by atoms with Gasteiger partial charge in [0.15, 0.2) is 0 Å². The molecule has 0 radical (unpaired) electrons. The van der Waals surface area contributed by atoms with E-state index in [4.69, 9.17) is 0 Å². The molecule has 2 heterocycles. The maximum absolute atomic E-state index is 12.7. The normalized spacial score (nSPS) is 44.1. The van der Waals surface area contributed by atoms with Gasteiger partial charge < -0.3 is 10.2 Å². The van der Waals surface area contributed by atoms with Crippen molar-refractivity contribution in [3.63, 3.8) is 0 Å². The zero-order chi connectivity index (χ0) is 12.7. The molecular weight excluding hydrogens is 224 g/mol. The van der Waals surface area contributed by atoms with Crippen LogP contribution in [0, 0.1) is 23.7 Å². The Morgan fingerprint density at radius 1 is 1.11 bits per heavy atom. The summed E-state index contributed by atoms with van der Waals surface area (Å²) in [7, 11) is 0. The Bertz CT molecular complexity index is 322. The molecule has 1 saturated carbocycles. The molecular formula is C15H26N2O. The lowest BCUT2D eigenvalue weighted by Gasteiger charge is -2.32. The number of nitrogens with zero attached hydrogens (tertiary/aromatic N) is 1. The van der Waals surface area contributed by atoms with Gasteiger partial charge in [0.25, 0.3) is 0 Å². The maximum atomic E-state index is 12.7. The van der Waals surface area contributed by atoms with E-state index in [9.17, 15) is 4.79 Å². The Morgan fingerprint density at radius 2 is 1.83 bits per heavy atom. The molecule has 1 N–H and O–H groups in total. The number of fused-ring (bicyclic) bond motifs is 1. The molecule has 3 heteroatoms.